The van der Waals surface area contributed by atoms with Crippen molar-refractivity contribution < 1.29 is 17.9 Å². The van der Waals surface area contributed by atoms with Gasteiger partial charge in [0.05, 0.1) is 18.6 Å². The second kappa shape index (κ2) is 6.30. The Balaban J connectivity index is 1.55. The van der Waals surface area contributed by atoms with Gasteiger partial charge in [0.25, 0.3) is 0 Å². The fraction of sp³-hybridized carbons (Fsp3) is 0.556. The number of likely N-dealkylation sites (N-methyl/N-ethyl adjacent to an activating group) is 1. The van der Waals surface area contributed by atoms with Crippen LogP contribution in [0.2, 0.25) is 0 Å². The average Bonchev–Trinajstić information content (AvgIpc) is 2.93. The molecule has 1 aromatic rings. The van der Waals surface area contributed by atoms with Gasteiger partial charge in [0.1, 0.15) is 6.61 Å². The molecular weight excluding hydrogens is 340 g/mol. The molecule has 0 radical (unpaired) electrons. The van der Waals surface area contributed by atoms with Gasteiger partial charge in [-0.1, -0.05) is 12.1 Å². The SMILES string of the molecule is COc1cccc2c1OCC(CN1CCN(C)[C@@H]3CS(=O)(=O)C[C@@H]31)=C2. The van der Waals surface area contributed by atoms with E-state index in [9.17, 15) is 8.42 Å². The van der Waals surface area contributed by atoms with Crippen LogP contribution in [0.3, 0.4) is 0 Å². The van der Waals surface area contributed by atoms with Crippen LogP contribution >= 0.6 is 0 Å². The summed E-state index contributed by atoms with van der Waals surface area (Å²) in [5, 5.41) is 0. The molecular formula is C18H24N2O4S. The van der Waals surface area contributed by atoms with Crippen LogP contribution in [0.1, 0.15) is 5.56 Å². The first kappa shape index (κ1) is 16.9. The van der Waals surface area contributed by atoms with E-state index >= 15 is 0 Å². The van der Waals surface area contributed by atoms with Crippen molar-refractivity contribution in [3.8, 4) is 11.5 Å². The third kappa shape index (κ3) is 3.16. The van der Waals surface area contributed by atoms with Gasteiger partial charge in [0.15, 0.2) is 21.3 Å². The summed E-state index contributed by atoms with van der Waals surface area (Å²) in [7, 11) is 0.727. The molecule has 3 heterocycles. The van der Waals surface area contributed by atoms with Crippen LogP contribution in [-0.2, 0) is 9.84 Å². The molecule has 2 fully saturated rings. The summed E-state index contributed by atoms with van der Waals surface area (Å²) in [6.45, 7) is 3.05. The molecule has 0 N–H and O–H groups in total. The van der Waals surface area contributed by atoms with Crippen molar-refractivity contribution in [1.29, 1.82) is 0 Å². The zero-order valence-electron chi connectivity index (χ0n) is 14.6. The van der Waals surface area contributed by atoms with E-state index in [2.05, 4.69) is 15.9 Å². The highest BCUT2D eigenvalue weighted by atomic mass is 32.2. The number of rotatable bonds is 3. The minimum atomic E-state index is -2.94. The van der Waals surface area contributed by atoms with Gasteiger partial charge in [-0.15, -0.1) is 0 Å². The number of sulfone groups is 1. The lowest BCUT2D eigenvalue weighted by Gasteiger charge is -2.42. The van der Waals surface area contributed by atoms with E-state index in [1.807, 2.05) is 25.2 Å². The smallest absolute Gasteiger partial charge is 0.168 e. The van der Waals surface area contributed by atoms with Crippen LogP contribution in [0.15, 0.2) is 23.8 Å². The summed E-state index contributed by atoms with van der Waals surface area (Å²) >= 11 is 0. The molecule has 0 saturated carbocycles. The summed E-state index contributed by atoms with van der Waals surface area (Å²) in [6, 6.07) is 6.05. The molecule has 136 valence electrons. The van der Waals surface area contributed by atoms with E-state index in [1.165, 1.54) is 5.57 Å². The number of nitrogens with zero attached hydrogens (tertiary/aromatic N) is 2. The topological polar surface area (TPSA) is 59.1 Å². The largest absolute Gasteiger partial charge is 0.493 e. The van der Waals surface area contributed by atoms with Crippen LogP contribution in [-0.4, -0.2) is 82.2 Å². The van der Waals surface area contributed by atoms with Gasteiger partial charge < -0.3 is 9.47 Å². The number of fused-ring (bicyclic) bond motifs is 2. The third-order valence-corrected chi connectivity index (χ3v) is 7.16. The number of hydrogen-bond acceptors (Lipinski definition) is 6. The maximum absolute atomic E-state index is 12.1. The lowest BCUT2D eigenvalue weighted by molar-refractivity contribution is 0.0683. The van der Waals surface area contributed by atoms with Crippen LogP contribution in [0, 0.1) is 0 Å². The van der Waals surface area contributed by atoms with Gasteiger partial charge in [-0.25, -0.2) is 8.42 Å². The Labute approximate surface area is 148 Å². The van der Waals surface area contributed by atoms with Gasteiger partial charge in [-0.3, -0.25) is 9.80 Å². The summed E-state index contributed by atoms with van der Waals surface area (Å²) in [5.74, 6) is 2.07. The number of benzene rings is 1. The number of piperazine rings is 1. The molecule has 4 rings (SSSR count). The molecule has 6 nitrogen and oxygen atoms in total. The fourth-order valence-electron chi connectivity index (χ4n) is 4.13. The van der Waals surface area contributed by atoms with Crippen molar-refractivity contribution in [2.75, 3.05) is 51.9 Å². The van der Waals surface area contributed by atoms with Crippen molar-refractivity contribution >= 4 is 15.9 Å². The Kier molecular flexibility index (Phi) is 4.25. The second-order valence-electron chi connectivity index (χ2n) is 7.13. The van der Waals surface area contributed by atoms with E-state index in [0.717, 1.165) is 36.7 Å². The number of methoxy groups -OCH3 is 1. The molecule has 1 aromatic carbocycles. The monoisotopic (exact) mass is 364 g/mol. The zero-order valence-corrected chi connectivity index (χ0v) is 15.5. The van der Waals surface area contributed by atoms with Gasteiger partial charge in [-0.05, 0) is 24.8 Å². The summed E-state index contributed by atoms with van der Waals surface area (Å²) in [5.41, 5.74) is 2.19. The number of ether oxygens (including phenoxy) is 2. The zero-order chi connectivity index (χ0) is 17.6. The van der Waals surface area contributed by atoms with Crippen LogP contribution in [0.25, 0.3) is 6.08 Å². The van der Waals surface area contributed by atoms with Crippen molar-refractivity contribution in [3.63, 3.8) is 0 Å². The Morgan fingerprint density at radius 3 is 2.84 bits per heavy atom. The molecule has 3 aliphatic rings. The quantitative estimate of drug-likeness (QED) is 0.794. The summed E-state index contributed by atoms with van der Waals surface area (Å²) in [6.07, 6.45) is 2.15. The van der Waals surface area contributed by atoms with Crippen molar-refractivity contribution in [2.45, 2.75) is 12.1 Å². The van der Waals surface area contributed by atoms with Gasteiger partial charge in [0.2, 0.25) is 0 Å². The van der Waals surface area contributed by atoms with Gasteiger partial charge >= 0.3 is 0 Å². The van der Waals surface area contributed by atoms with E-state index in [-0.39, 0.29) is 23.6 Å². The fourth-order valence-corrected chi connectivity index (χ4v) is 6.22. The van der Waals surface area contributed by atoms with Gasteiger partial charge in [-0.2, -0.15) is 0 Å². The number of hydrogen-bond donors (Lipinski definition) is 0. The second-order valence-corrected chi connectivity index (χ2v) is 9.29. The standard InChI is InChI=1S/C18H24N2O4S/c1-19-6-7-20(16-12-25(21,22)11-15(16)19)9-13-8-14-4-3-5-17(23-2)18(14)24-10-13/h3-5,8,15-16H,6-7,9-12H2,1-2H3/t15-,16+/m1/s1. The van der Waals surface area contributed by atoms with E-state index in [4.69, 9.17) is 9.47 Å². The maximum atomic E-state index is 12.1. The minimum absolute atomic E-state index is 0.0800. The molecule has 25 heavy (non-hydrogen) atoms. The summed E-state index contributed by atoms with van der Waals surface area (Å²) < 4.78 is 35.5. The molecule has 7 heteroatoms. The Hall–Kier alpha value is -1.57. The molecule has 0 aliphatic carbocycles. The lowest BCUT2D eigenvalue weighted by atomic mass is 10.0. The molecule has 0 bridgehead atoms. The van der Waals surface area contributed by atoms with E-state index < -0.39 is 9.84 Å². The van der Waals surface area contributed by atoms with Crippen molar-refractivity contribution in [3.05, 3.63) is 29.3 Å². The first-order valence-corrected chi connectivity index (χ1v) is 10.4. The third-order valence-electron chi connectivity index (χ3n) is 5.47. The summed E-state index contributed by atoms with van der Waals surface area (Å²) in [4.78, 5) is 4.51. The van der Waals surface area contributed by atoms with E-state index in [0.29, 0.717) is 6.61 Å². The molecule has 2 saturated heterocycles. The Morgan fingerprint density at radius 2 is 2.04 bits per heavy atom. The minimum Gasteiger partial charge on any atom is -0.493 e. The van der Waals surface area contributed by atoms with Crippen molar-refractivity contribution in [2.24, 2.45) is 0 Å². The Bertz CT molecular complexity index is 805. The molecule has 0 unspecified atom stereocenters. The molecule has 0 spiro atoms. The predicted molar refractivity (Wildman–Crippen MR) is 96.9 cm³/mol. The van der Waals surface area contributed by atoms with Crippen LogP contribution in [0.5, 0.6) is 11.5 Å². The number of para-hydroxylation sites is 1. The maximum Gasteiger partial charge on any atom is 0.168 e. The van der Waals surface area contributed by atoms with Gasteiger partial charge in [0, 0.05) is 37.3 Å². The highest BCUT2D eigenvalue weighted by Crippen LogP contribution is 2.36. The Morgan fingerprint density at radius 1 is 1.24 bits per heavy atom. The molecule has 3 aliphatic heterocycles. The first-order chi connectivity index (χ1) is 12.0. The van der Waals surface area contributed by atoms with Crippen LogP contribution < -0.4 is 9.47 Å². The highest BCUT2D eigenvalue weighted by molar-refractivity contribution is 7.91. The average molecular weight is 364 g/mol. The predicted octanol–water partition coefficient (Wildman–Crippen LogP) is 0.884. The van der Waals surface area contributed by atoms with E-state index in [1.54, 1.807) is 7.11 Å². The van der Waals surface area contributed by atoms with Crippen molar-refractivity contribution in [1.82, 2.24) is 9.80 Å². The lowest BCUT2D eigenvalue weighted by Crippen LogP contribution is -2.58. The molecule has 2 atom stereocenters. The normalized spacial score (nSPS) is 28.6. The first-order valence-electron chi connectivity index (χ1n) is 8.61. The molecule has 0 amide bonds. The van der Waals surface area contributed by atoms with Crippen LogP contribution in [0.4, 0.5) is 0 Å². The molecule has 0 aromatic heterocycles. The highest BCUT2D eigenvalue weighted by Gasteiger charge is 2.45.